The molecule has 5 rings (SSSR count). The lowest BCUT2D eigenvalue weighted by Crippen LogP contribution is -2.55. The van der Waals surface area contributed by atoms with Crippen molar-refractivity contribution in [3.63, 3.8) is 0 Å². The summed E-state index contributed by atoms with van der Waals surface area (Å²) in [5.74, 6) is -1.80. The average Bonchev–Trinajstić information content (AvgIpc) is 2.93. The summed E-state index contributed by atoms with van der Waals surface area (Å²) in [4.78, 5) is 32.6. The molecule has 1 unspecified atom stereocenters. The minimum absolute atomic E-state index is 0.0314. The van der Waals surface area contributed by atoms with Gasteiger partial charge in [0.2, 0.25) is 5.96 Å². The molecule has 0 saturated carbocycles. The number of halogens is 2. The number of aliphatic carboxylic acids is 1. The highest BCUT2D eigenvalue weighted by molar-refractivity contribution is 6.01. The van der Waals surface area contributed by atoms with Gasteiger partial charge in [0, 0.05) is 55.6 Å². The molecule has 1 N–H and O–H groups in total. The maximum Gasteiger partial charge on any atom is 0.305 e. The van der Waals surface area contributed by atoms with Gasteiger partial charge >= 0.3 is 5.97 Å². The van der Waals surface area contributed by atoms with Crippen molar-refractivity contribution in [3.05, 3.63) is 88.0 Å². The number of fused-ring (bicyclic) bond motifs is 1. The van der Waals surface area contributed by atoms with E-state index in [2.05, 4.69) is 9.89 Å². The molecule has 2 heterocycles. The highest BCUT2D eigenvalue weighted by atomic mass is 19.1. The Labute approximate surface area is 222 Å². The number of ether oxygens (including phenoxy) is 1. The first-order valence-electron chi connectivity index (χ1n) is 12.2. The smallest absolute Gasteiger partial charge is 0.305 e. The summed E-state index contributed by atoms with van der Waals surface area (Å²) in [7, 11) is 1.59. The molecule has 0 aromatic heterocycles. The summed E-state index contributed by atoms with van der Waals surface area (Å²) in [5, 5.41) is 21.3. The molecule has 0 bridgehead atoms. The Morgan fingerprint density at radius 2 is 1.77 bits per heavy atom. The molecule has 0 spiro atoms. The zero-order valence-corrected chi connectivity index (χ0v) is 21.0. The molecule has 39 heavy (non-hydrogen) atoms. The molecule has 2 aliphatic rings. The van der Waals surface area contributed by atoms with E-state index >= 15 is 4.39 Å². The number of guanidine groups is 1. The number of carboxylic acids is 1. The van der Waals surface area contributed by atoms with Crippen molar-refractivity contribution >= 4 is 34.7 Å². The van der Waals surface area contributed by atoms with E-state index in [1.807, 2.05) is 29.2 Å². The fraction of sp³-hybridized carbons (Fsp3) is 0.259. The van der Waals surface area contributed by atoms with Gasteiger partial charge in [0.1, 0.15) is 23.1 Å². The van der Waals surface area contributed by atoms with Crippen LogP contribution in [0.2, 0.25) is 0 Å². The number of hydrogen-bond acceptors (Lipinski definition) is 8. The van der Waals surface area contributed by atoms with Gasteiger partial charge < -0.3 is 24.5 Å². The topological polar surface area (TPSA) is 112 Å². The number of non-ortho nitro benzene ring substituents is 1. The number of hydrogen-bond donors (Lipinski definition) is 1. The van der Waals surface area contributed by atoms with Crippen molar-refractivity contribution in [3.8, 4) is 5.75 Å². The van der Waals surface area contributed by atoms with Gasteiger partial charge in [0.15, 0.2) is 0 Å². The minimum atomic E-state index is -1.20. The second-order valence-electron chi connectivity index (χ2n) is 9.14. The molecule has 0 aliphatic carbocycles. The first-order valence-corrected chi connectivity index (χ1v) is 12.2. The van der Waals surface area contributed by atoms with Crippen LogP contribution in [-0.4, -0.2) is 60.1 Å². The highest BCUT2D eigenvalue weighted by Crippen LogP contribution is 2.43. The molecule has 10 nitrogen and oxygen atoms in total. The van der Waals surface area contributed by atoms with Crippen LogP contribution in [0.1, 0.15) is 18.0 Å². The van der Waals surface area contributed by atoms with E-state index in [1.54, 1.807) is 7.11 Å². The Kier molecular flexibility index (Phi) is 7.01. The lowest BCUT2D eigenvalue weighted by atomic mass is 9.97. The van der Waals surface area contributed by atoms with Crippen molar-refractivity contribution in [2.75, 3.05) is 43.1 Å². The average molecular weight is 538 g/mol. The number of piperazine rings is 1. The molecule has 202 valence electrons. The van der Waals surface area contributed by atoms with E-state index in [0.717, 1.165) is 23.9 Å². The number of nitro groups is 1. The number of benzene rings is 3. The lowest BCUT2D eigenvalue weighted by Gasteiger charge is -2.45. The molecule has 0 radical (unpaired) electrons. The number of rotatable bonds is 6. The van der Waals surface area contributed by atoms with Crippen molar-refractivity contribution in [2.45, 2.75) is 12.5 Å². The van der Waals surface area contributed by atoms with Gasteiger partial charge in [-0.1, -0.05) is 18.2 Å². The molecule has 1 fully saturated rings. The Bertz CT molecular complexity index is 1460. The number of nitrogens with zero attached hydrogens (tertiary/aromatic N) is 5. The van der Waals surface area contributed by atoms with E-state index in [0.29, 0.717) is 31.9 Å². The van der Waals surface area contributed by atoms with Crippen LogP contribution in [0.25, 0.3) is 0 Å². The van der Waals surface area contributed by atoms with Crippen LogP contribution in [0.4, 0.5) is 31.5 Å². The zero-order valence-electron chi connectivity index (χ0n) is 21.0. The van der Waals surface area contributed by atoms with Crippen molar-refractivity contribution < 1.29 is 28.3 Å². The summed E-state index contributed by atoms with van der Waals surface area (Å²) in [6.07, 6.45) is -0.513. The maximum atomic E-state index is 15.3. The molecular weight excluding hydrogens is 512 g/mol. The van der Waals surface area contributed by atoms with Gasteiger partial charge in [-0.15, -0.1) is 0 Å². The molecule has 3 aromatic carbocycles. The number of carbonyl (C=O) groups is 1. The van der Waals surface area contributed by atoms with Gasteiger partial charge in [0.25, 0.3) is 5.69 Å². The number of anilines is 2. The third-order valence-electron chi connectivity index (χ3n) is 6.86. The van der Waals surface area contributed by atoms with E-state index in [4.69, 9.17) is 4.74 Å². The zero-order chi connectivity index (χ0) is 27.7. The molecule has 1 atom stereocenters. The Hall–Kier alpha value is -4.74. The lowest BCUT2D eigenvalue weighted by molar-refractivity contribution is -0.384. The van der Waals surface area contributed by atoms with E-state index in [1.165, 1.54) is 23.1 Å². The standard InChI is InChI=1S/C27H25F2N5O5/c1-39-19-5-2-4-17(14-19)31-10-12-32(13-11-31)27-30-26-20(6-3-7-22(26)29)23(16-25(35)36)33(27)24-15-18(34(37)38)8-9-21(24)28/h2-9,14-15,23H,10-13,16H2,1H3,(H,35,36). The van der Waals surface area contributed by atoms with Crippen LogP contribution >= 0.6 is 0 Å². The number of nitro benzene ring substituents is 1. The van der Waals surface area contributed by atoms with E-state index in [9.17, 15) is 24.4 Å². The first kappa shape index (κ1) is 25.9. The van der Waals surface area contributed by atoms with Gasteiger partial charge in [0.05, 0.1) is 30.2 Å². The van der Waals surface area contributed by atoms with Gasteiger partial charge in [-0.05, 0) is 24.3 Å². The van der Waals surface area contributed by atoms with Crippen LogP contribution in [0.3, 0.4) is 0 Å². The van der Waals surface area contributed by atoms with Crippen molar-refractivity contribution in [1.29, 1.82) is 0 Å². The van der Waals surface area contributed by atoms with E-state index in [-0.39, 0.29) is 28.6 Å². The highest BCUT2D eigenvalue weighted by Gasteiger charge is 2.39. The molecule has 0 amide bonds. The van der Waals surface area contributed by atoms with Crippen LogP contribution < -0.4 is 14.5 Å². The van der Waals surface area contributed by atoms with Gasteiger partial charge in [-0.2, -0.15) is 0 Å². The van der Waals surface area contributed by atoms with Crippen LogP contribution in [0.15, 0.2) is 65.7 Å². The fourth-order valence-electron chi connectivity index (χ4n) is 4.99. The number of aliphatic imine (C=N–C) groups is 1. The second kappa shape index (κ2) is 10.6. The number of methoxy groups -OCH3 is 1. The summed E-state index contributed by atoms with van der Waals surface area (Å²) in [6.45, 7) is 1.86. The molecule has 3 aromatic rings. The molecule has 12 heteroatoms. The summed E-state index contributed by atoms with van der Waals surface area (Å²) in [5.41, 5.74) is 0.589. The maximum absolute atomic E-state index is 15.3. The molecular formula is C27H25F2N5O5. The Morgan fingerprint density at radius 3 is 2.46 bits per heavy atom. The third-order valence-corrected chi connectivity index (χ3v) is 6.86. The van der Waals surface area contributed by atoms with Crippen LogP contribution in [-0.2, 0) is 4.79 Å². The third kappa shape index (κ3) is 5.05. The molecule has 1 saturated heterocycles. The predicted octanol–water partition coefficient (Wildman–Crippen LogP) is 4.73. The fourth-order valence-corrected chi connectivity index (χ4v) is 4.99. The monoisotopic (exact) mass is 537 g/mol. The van der Waals surface area contributed by atoms with Crippen LogP contribution in [0, 0.1) is 21.7 Å². The summed E-state index contributed by atoms with van der Waals surface area (Å²) >= 11 is 0. The second-order valence-corrected chi connectivity index (χ2v) is 9.14. The number of para-hydroxylation sites is 1. The summed E-state index contributed by atoms with van der Waals surface area (Å²) in [6, 6.07) is 13.8. The van der Waals surface area contributed by atoms with Crippen LogP contribution in [0.5, 0.6) is 5.75 Å². The quantitative estimate of drug-likeness (QED) is 0.355. The van der Waals surface area contributed by atoms with E-state index < -0.39 is 35.0 Å². The minimum Gasteiger partial charge on any atom is -0.497 e. The molecule has 2 aliphatic heterocycles. The van der Waals surface area contributed by atoms with Gasteiger partial charge in [-0.25, -0.2) is 13.8 Å². The largest absolute Gasteiger partial charge is 0.497 e. The summed E-state index contributed by atoms with van der Waals surface area (Å²) < 4.78 is 35.6. The normalized spacial score (nSPS) is 16.9. The van der Waals surface area contributed by atoms with Crippen molar-refractivity contribution in [2.24, 2.45) is 4.99 Å². The van der Waals surface area contributed by atoms with Crippen molar-refractivity contribution in [1.82, 2.24) is 4.90 Å². The first-order chi connectivity index (χ1) is 18.8. The Morgan fingerprint density at radius 1 is 1.05 bits per heavy atom. The number of carboxylic acid groups (broad SMARTS) is 1. The SMILES string of the molecule is COc1cccc(N2CCN(C3=Nc4c(F)cccc4C(CC(=O)O)N3c3cc([N+](=O)[O-])ccc3F)CC2)c1. The Balaban J connectivity index is 1.57. The predicted molar refractivity (Wildman–Crippen MR) is 141 cm³/mol. The van der Waals surface area contributed by atoms with Gasteiger partial charge in [-0.3, -0.25) is 14.9 Å².